The Morgan fingerprint density at radius 3 is 2.85 bits per heavy atom. The van der Waals surface area contributed by atoms with Gasteiger partial charge in [0.2, 0.25) is 0 Å². The number of nitrogens with two attached hydrogens (primary N) is 1. The van der Waals surface area contributed by atoms with Gasteiger partial charge in [-0.3, -0.25) is 4.90 Å². The van der Waals surface area contributed by atoms with Crippen molar-refractivity contribution in [3.63, 3.8) is 0 Å². The van der Waals surface area contributed by atoms with E-state index in [-0.39, 0.29) is 12.6 Å². The highest BCUT2D eigenvalue weighted by atomic mass is 16.6. The molecule has 0 saturated carbocycles. The largest absolute Gasteiger partial charge is 0.482 e. The second-order valence-electron chi connectivity index (χ2n) is 5.13. The molecule has 0 unspecified atom stereocenters. The molecule has 110 valence electrons. The van der Waals surface area contributed by atoms with Gasteiger partial charge >= 0.3 is 5.97 Å². The molecule has 0 aliphatic carbocycles. The normalized spacial score (nSPS) is 16.9. The second-order valence-corrected chi connectivity index (χ2v) is 5.13. The molecular weight excluding hydrogens is 256 g/mol. The third-order valence-corrected chi connectivity index (χ3v) is 3.52. The SMILES string of the molecule is COC(=O)COc1cccc(CN2CCC(N)CC2)c1. The Labute approximate surface area is 119 Å². The maximum Gasteiger partial charge on any atom is 0.343 e. The van der Waals surface area contributed by atoms with Gasteiger partial charge in [0.1, 0.15) is 5.75 Å². The van der Waals surface area contributed by atoms with Gasteiger partial charge in [-0.1, -0.05) is 12.1 Å². The standard InChI is InChI=1S/C15H22N2O3/c1-19-15(18)11-20-14-4-2-3-12(9-14)10-17-7-5-13(16)6-8-17/h2-4,9,13H,5-8,10-11,16H2,1H3. The van der Waals surface area contributed by atoms with Gasteiger partial charge in [-0.2, -0.15) is 0 Å². The molecule has 5 nitrogen and oxygen atoms in total. The minimum atomic E-state index is -0.375. The molecule has 0 radical (unpaired) electrons. The molecule has 1 aromatic rings. The highest BCUT2D eigenvalue weighted by Gasteiger charge is 2.16. The van der Waals surface area contributed by atoms with E-state index in [1.807, 2.05) is 18.2 Å². The fourth-order valence-corrected chi connectivity index (χ4v) is 2.30. The van der Waals surface area contributed by atoms with E-state index >= 15 is 0 Å². The van der Waals surface area contributed by atoms with E-state index in [0.717, 1.165) is 32.5 Å². The van der Waals surface area contributed by atoms with E-state index in [0.29, 0.717) is 11.8 Å². The number of likely N-dealkylation sites (tertiary alicyclic amines) is 1. The first kappa shape index (κ1) is 14.8. The number of rotatable bonds is 5. The Morgan fingerprint density at radius 1 is 1.40 bits per heavy atom. The zero-order valence-electron chi connectivity index (χ0n) is 11.9. The fraction of sp³-hybridized carbons (Fsp3) is 0.533. The number of benzene rings is 1. The summed E-state index contributed by atoms with van der Waals surface area (Å²) in [7, 11) is 1.35. The average Bonchev–Trinajstić information content (AvgIpc) is 2.47. The van der Waals surface area contributed by atoms with E-state index in [1.165, 1.54) is 12.7 Å². The molecule has 0 atom stereocenters. The van der Waals surface area contributed by atoms with Crippen LogP contribution < -0.4 is 10.5 Å². The number of ether oxygens (including phenoxy) is 2. The molecule has 1 aromatic carbocycles. The average molecular weight is 278 g/mol. The van der Waals surface area contributed by atoms with E-state index < -0.39 is 0 Å². The van der Waals surface area contributed by atoms with Crippen LogP contribution in [0.3, 0.4) is 0 Å². The summed E-state index contributed by atoms with van der Waals surface area (Å²) in [4.78, 5) is 13.4. The molecule has 20 heavy (non-hydrogen) atoms. The molecule has 1 heterocycles. The summed E-state index contributed by atoms with van der Waals surface area (Å²) in [5, 5.41) is 0. The minimum Gasteiger partial charge on any atom is -0.482 e. The van der Waals surface area contributed by atoms with Crippen LogP contribution in [0.25, 0.3) is 0 Å². The minimum absolute atomic E-state index is 0.0570. The summed E-state index contributed by atoms with van der Waals surface area (Å²) in [6.07, 6.45) is 2.11. The number of nitrogens with zero attached hydrogens (tertiary/aromatic N) is 1. The van der Waals surface area contributed by atoms with Gasteiger partial charge in [-0.15, -0.1) is 0 Å². The quantitative estimate of drug-likeness (QED) is 0.819. The fourth-order valence-electron chi connectivity index (χ4n) is 2.30. The van der Waals surface area contributed by atoms with Crippen molar-refractivity contribution in [2.24, 2.45) is 5.73 Å². The number of carbonyl (C=O) groups is 1. The molecule has 5 heteroatoms. The number of esters is 1. The molecule has 1 saturated heterocycles. The highest BCUT2D eigenvalue weighted by molar-refractivity contribution is 5.70. The predicted octanol–water partition coefficient (Wildman–Crippen LogP) is 1.16. The van der Waals surface area contributed by atoms with Crippen molar-refractivity contribution < 1.29 is 14.3 Å². The van der Waals surface area contributed by atoms with Gasteiger partial charge in [-0.25, -0.2) is 4.79 Å². The van der Waals surface area contributed by atoms with Crippen molar-refractivity contribution in [3.8, 4) is 5.75 Å². The molecule has 2 rings (SSSR count). The molecule has 0 spiro atoms. The Morgan fingerprint density at radius 2 is 2.15 bits per heavy atom. The van der Waals surface area contributed by atoms with Crippen molar-refractivity contribution in [1.29, 1.82) is 0 Å². The van der Waals surface area contributed by atoms with Gasteiger partial charge in [0.15, 0.2) is 6.61 Å². The molecule has 1 aliphatic heterocycles. The Kier molecular flexibility index (Phi) is 5.38. The lowest BCUT2D eigenvalue weighted by Crippen LogP contribution is -2.39. The predicted molar refractivity (Wildman–Crippen MR) is 76.4 cm³/mol. The number of piperidine rings is 1. The van der Waals surface area contributed by atoms with Gasteiger partial charge < -0.3 is 15.2 Å². The van der Waals surface area contributed by atoms with Crippen LogP contribution in [-0.4, -0.2) is 43.7 Å². The van der Waals surface area contributed by atoms with E-state index in [4.69, 9.17) is 10.5 Å². The molecule has 0 aromatic heterocycles. The van der Waals surface area contributed by atoms with Crippen LogP contribution in [0.2, 0.25) is 0 Å². The first-order valence-corrected chi connectivity index (χ1v) is 6.94. The Hall–Kier alpha value is -1.59. The summed E-state index contributed by atoms with van der Waals surface area (Å²) in [5.74, 6) is 0.321. The van der Waals surface area contributed by atoms with Gasteiger partial charge in [0.05, 0.1) is 7.11 Å². The molecule has 2 N–H and O–H groups in total. The zero-order chi connectivity index (χ0) is 14.4. The summed E-state index contributed by atoms with van der Waals surface area (Å²) >= 11 is 0. The molecule has 1 aliphatic rings. The monoisotopic (exact) mass is 278 g/mol. The van der Waals surface area contributed by atoms with Gasteiger partial charge in [-0.05, 0) is 43.6 Å². The van der Waals surface area contributed by atoms with Crippen LogP contribution >= 0.6 is 0 Å². The Balaban J connectivity index is 1.87. The van der Waals surface area contributed by atoms with E-state index in [1.54, 1.807) is 0 Å². The molecular formula is C15H22N2O3. The summed E-state index contributed by atoms with van der Waals surface area (Å²) in [6.45, 7) is 2.91. The number of hydrogen-bond donors (Lipinski definition) is 1. The summed E-state index contributed by atoms with van der Waals surface area (Å²) in [5.41, 5.74) is 7.09. The van der Waals surface area contributed by atoms with Crippen LogP contribution in [-0.2, 0) is 16.1 Å². The number of methoxy groups -OCH3 is 1. The maximum absolute atomic E-state index is 11.1. The lowest BCUT2D eigenvalue weighted by atomic mass is 10.1. The van der Waals surface area contributed by atoms with Crippen LogP contribution in [0.15, 0.2) is 24.3 Å². The maximum atomic E-state index is 11.1. The topological polar surface area (TPSA) is 64.8 Å². The van der Waals surface area contributed by atoms with Crippen molar-refractivity contribution in [1.82, 2.24) is 4.90 Å². The first-order chi connectivity index (χ1) is 9.67. The van der Waals surface area contributed by atoms with Crippen LogP contribution in [0, 0.1) is 0 Å². The van der Waals surface area contributed by atoms with Crippen LogP contribution in [0.1, 0.15) is 18.4 Å². The molecule has 0 amide bonds. The molecule has 0 bridgehead atoms. The lowest BCUT2D eigenvalue weighted by Gasteiger charge is -2.30. The van der Waals surface area contributed by atoms with E-state index in [9.17, 15) is 4.79 Å². The van der Waals surface area contributed by atoms with E-state index in [2.05, 4.69) is 15.7 Å². The second kappa shape index (κ2) is 7.26. The zero-order valence-corrected chi connectivity index (χ0v) is 11.9. The van der Waals surface area contributed by atoms with Crippen molar-refractivity contribution in [2.45, 2.75) is 25.4 Å². The van der Waals surface area contributed by atoms with Crippen LogP contribution in [0.5, 0.6) is 5.75 Å². The smallest absolute Gasteiger partial charge is 0.343 e. The third kappa shape index (κ3) is 4.51. The van der Waals surface area contributed by atoms with Crippen LogP contribution in [0.4, 0.5) is 0 Å². The van der Waals surface area contributed by atoms with Gasteiger partial charge in [0, 0.05) is 12.6 Å². The van der Waals surface area contributed by atoms with Gasteiger partial charge in [0.25, 0.3) is 0 Å². The lowest BCUT2D eigenvalue weighted by molar-refractivity contribution is -0.142. The molecule has 1 fully saturated rings. The van der Waals surface area contributed by atoms with Crippen molar-refractivity contribution in [3.05, 3.63) is 29.8 Å². The Bertz CT molecular complexity index is 442. The van der Waals surface area contributed by atoms with Crippen molar-refractivity contribution in [2.75, 3.05) is 26.8 Å². The number of carbonyl (C=O) groups excluding carboxylic acids is 1. The number of hydrogen-bond acceptors (Lipinski definition) is 5. The summed E-state index contributed by atoms with van der Waals surface area (Å²) < 4.78 is 9.94. The summed E-state index contributed by atoms with van der Waals surface area (Å²) in [6, 6.07) is 8.17. The first-order valence-electron chi connectivity index (χ1n) is 6.94. The highest BCUT2D eigenvalue weighted by Crippen LogP contribution is 2.17. The van der Waals surface area contributed by atoms with Crippen molar-refractivity contribution >= 4 is 5.97 Å². The third-order valence-electron chi connectivity index (χ3n) is 3.52.